The number of aromatic nitrogens is 1. The van der Waals surface area contributed by atoms with Crippen LogP contribution in [0.1, 0.15) is 35.3 Å². The highest BCUT2D eigenvalue weighted by Gasteiger charge is 2.55. The van der Waals surface area contributed by atoms with Gasteiger partial charge in [0.15, 0.2) is 5.76 Å². The minimum Gasteiger partial charge on any atom is -0.465 e. The van der Waals surface area contributed by atoms with E-state index in [2.05, 4.69) is 20.9 Å². The molecular weight excluding hydrogens is 764 g/mol. The van der Waals surface area contributed by atoms with E-state index in [4.69, 9.17) is 41.4 Å². The molecule has 0 aliphatic rings. The van der Waals surface area contributed by atoms with E-state index in [-0.39, 0.29) is 35.3 Å². The van der Waals surface area contributed by atoms with Gasteiger partial charge in [-0.25, -0.2) is 9.78 Å². The number of benzene rings is 4. The van der Waals surface area contributed by atoms with Gasteiger partial charge in [-0.05, 0) is 60.9 Å². The van der Waals surface area contributed by atoms with E-state index in [1.54, 1.807) is 41.4 Å². The number of rotatable bonds is 13. The second-order valence-electron chi connectivity index (χ2n) is 10.5. The Morgan fingerprint density at radius 3 is 2.24 bits per heavy atom. The van der Waals surface area contributed by atoms with Crippen molar-refractivity contribution in [3.63, 3.8) is 0 Å². The van der Waals surface area contributed by atoms with Crippen LogP contribution in [0.4, 0.5) is 20.5 Å². The van der Waals surface area contributed by atoms with Gasteiger partial charge in [0.1, 0.15) is 0 Å². The highest BCUT2D eigenvalue weighted by atomic mass is 79.9. The van der Waals surface area contributed by atoms with Crippen LogP contribution in [0.25, 0.3) is 22.5 Å². The zero-order valence-corrected chi connectivity index (χ0v) is 30.5. The summed E-state index contributed by atoms with van der Waals surface area (Å²) < 4.78 is 65.3. The zero-order chi connectivity index (χ0) is 35.3. The number of ether oxygens (including phenoxy) is 1. The summed E-state index contributed by atoms with van der Waals surface area (Å²) in [5.74, 6) is 0.0139. The average Bonchev–Trinajstić information content (AvgIpc) is 3.58. The van der Waals surface area contributed by atoms with E-state index in [9.17, 15) is 9.36 Å². The number of nitrogens with zero attached hydrogens (tertiary/aromatic N) is 2. The largest absolute Gasteiger partial charge is 0.465 e. The van der Waals surface area contributed by atoms with Crippen LogP contribution in [0.5, 0.6) is 0 Å². The number of oxazole rings is 1. The van der Waals surface area contributed by atoms with Crippen molar-refractivity contribution in [1.82, 2.24) is 4.98 Å². The van der Waals surface area contributed by atoms with Gasteiger partial charge in [-0.3, -0.25) is 9.46 Å². The maximum Gasteiger partial charge on any atom is 0.404 e. The van der Waals surface area contributed by atoms with Gasteiger partial charge in [0, 0.05) is 21.3 Å². The summed E-state index contributed by atoms with van der Waals surface area (Å²) in [5.41, 5.74) is -0.632. The number of hydrogen-bond acceptors (Lipinski definition) is 8. The van der Waals surface area contributed by atoms with Gasteiger partial charge in [0.25, 0.3) is 0 Å². The Balaban J connectivity index is 1.47. The fourth-order valence-corrected chi connectivity index (χ4v) is 7.74. The van der Waals surface area contributed by atoms with Crippen LogP contribution in [-0.4, -0.2) is 31.3 Å². The van der Waals surface area contributed by atoms with E-state index in [1.807, 2.05) is 36.4 Å². The third-order valence-corrected chi connectivity index (χ3v) is 10.9. The Bertz CT molecular complexity index is 2000. The number of alkyl halides is 2. The summed E-state index contributed by atoms with van der Waals surface area (Å²) in [6.07, 6.45) is 1.57. The SMILES string of the molecule is CCOP(=O)(OCC)C(F)(F)c1ccc(CN(c2ccc(Cl)c(Cl)c2)c2ncc(-c3ccc(-c4ccccc4C(=O)OC)cc3)o2)cc1Br. The Morgan fingerprint density at radius 2 is 1.61 bits per heavy atom. The lowest BCUT2D eigenvalue weighted by molar-refractivity contribution is 0.0354. The molecule has 0 spiro atoms. The van der Waals surface area contributed by atoms with Gasteiger partial charge in [-0.2, -0.15) is 8.78 Å². The van der Waals surface area contributed by atoms with Crippen molar-refractivity contribution >= 4 is 64.4 Å². The van der Waals surface area contributed by atoms with Crippen molar-refractivity contribution in [2.45, 2.75) is 26.1 Å². The molecule has 0 unspecified atom stereocenters. The molecular formula is C35H30BrCl2F2N2O6P. The van der Waals surface area contributed by atoms with Crippen molar-refractivity contribution in [2.24, 2.45) is 0 Å². The number of hydrogen-bond donors (Lipinski definition) is 0. The van der Waals surface area contributed by atoms with Crippen LogP contribution >= 0.6 is 46.7 Å². The van der Waals surface area contributed by atoms with Crippen molar-refractivity contribution in [2.75, 3.05) is 25.2 Å². The fourth-order valence-electron chi connectivity index (χ4n) is 5.05. The normalized spacial score (nSPS) is 11.8. The summed E-state index contributed by atoms with van der Waals surface area (Å²) in [6, 6.07) is 23.9. The molecule has 1 aromatic heterocycles. The number of anilines is 2. The molecule has 0 bridgehead atoms. The number of methoxy groups -OCH3 is 1. The molecule has 0 radical (unpaired) electrons. The molecule has 5 rings (SSSR count). The first-order valence-corrected chi connectivity index (χ1v) is 18.0. The molecule has 0 amide bonds. The third-order valence-electron chi connectivity index (χ3n) is 7.39. The van der Waals surface area contributed by atoms with Crippen LogP contribution < -0.4 is 4.90 Å². The van der Waals surface area contributed by atoms with E-state index < -0.39 is 24.8 Å². The molecule has 0 N–H and O–H groups in total. The Hall–Kier alpha value is -3.57. The van der Waals surface area contributed by atoms with Crippen molar-refractivity contribution in [1.29, 1.82) is 0 Å². The van der Waals surface area contributed by atoms with E-state index in [0.29, 0.717) is 27.6 Å². The summed E-state index contributed by atoms with van der Waals surface area (Å²) in [5, 5.41) is 0.632. The summed E-state index contributed by atoms with van der Waals surface area (Å²) >= 11 is 15.8. The Morgan fingerprint density at radius 1 is 0.939 bits per heavy atom. The molecule has 4 aromatic carbocycles. The minimum absolute atomic E-state index is 0.00525. The molecule has 14 heteroatoms. The van der Waals surface area contributed by atoms with Gasteiger partial charge >= 0.3 is 25.2 Å². The van der Waals surface area contributed by atoms with Crippen LogP contribution in [0.3, 0.4) is 0 Å². The van der Waals surface area contributed by atoms with Crippen LogP contribution in [0.2, 0.25) is 10.0 Å². The van der Waals surface area contributed by atoms with Crippen molar-refractivity contribution in [3.8, 4) is 22.5 Å². The van der Waals surface area contributed by atoms with Crippen LogP contribution in [-0.2, 0) is 30.6 Å². The van der Waals surface area contributed by atoms with Gasteiger partial charge in [-0.1, -0.05) is 93.7 Å². The minimum atomic E-state index is -4.82. The molecule has 5 aromatic rings. The van der Waals surface area contributed by atoms with E-state index in [0.717, 1.165) is 16.7 Å². The lowest BCUT2D eigenvalue weighted by Gasteiger charge is -2.27. The van der Waals surface area contributed by atoms with Crippen LogP contribution in [0.15, 0.2) is 100 Å². The first-order valence-electron chi connectivity index (χ1n) is 14.9. The Labute approximate surface area is 300 Å². The predicted octanol–water partition coefficient (Wildman–Crippen LogP) is 11.5. The lowest BCUT2D eigenvalue weighted by Crippen LogP contribution is -2.20. The van der Waals surface area contributed by atoms with E-state index in [1.165, 1.54) is 39.2 Å². The smallest absolute Gasteiger partial charge is 0.404 e. The molecule has 0 atom stereocenters. The average molecular weight is 794 g/mol. The molecule has 256 valence electrons. The topological polar surface area (TPSA) is 91.1 Å². The second kappa shape index (κ2) is 15.5. The maximum absolute atomic E-state index is 15.6. The van der Waals surface area contributed by atoms with Gasteiger partial charge in [0.2, 0.25) is 0 Å². The van der Waals surface area contributed by atoms with Crippen molar-refractivity contribution < 1.29 is 36.3 Å². The van der Waals surface area contributed by atoms with Crippen molar-refractivity contribution in [3.05, 3.63) is 122 Å². The molecule has 0 fully saturated rings. The number of esters is 1. The summed E-state index contributed by atoms with van der Waals surface area (Å²) in [6.45, 7) is 2.61. The van der Waals surface area contributed by atoms with Gasteiger partial charge in [0.05, 0.1) is 48.7 Å². The molecule has 0 aliphatic heterocycles. The molecule has 49 heavy (non-hydrogen) atoms. The standard InChI is InChI=1S/C35H30BrCl2F2N2O6P/c1-4-46-49(44,47-5-2)35(39,40)28-16-10-22(18-29(28)36)21-42(25-15-17-30(37)31(38)19-25)34-41-20-32(48-34)24-13-11-23(12-14-24)26-8-6-7-9-27(26)33(43)45-3/h6-20H,4-5,21H2,1-3H3. The molecule has 0 saturated carbocycles. The molecule has 8 nitrogen and oxygen atoms in total. The highest BCUT2D eigenvalue weighted by Crippen LogP contribution is 2.67. The molecule has 0 aliphatic carbocycles. The van der Waals surface area contributed by atoms with E-state index >= 15 is 8.78 Å². The third kappa shape index (κ3) is 7.77. The zero-order valence-electron chi connectivity index (χ0n) is 26.5. The first kappa shape index (κ1) is 36.7. The van der Waals surface area contributed by atoms with Gasteiger partial charge in [-0.15, -0.1) is 0 Å². The summed E-state index contributed by atoms with van der Waals surface area (Å²) in [7, 11) is -3.49. The van der Waals surface area contributed by atoms with Crippen LogP contribution in [0, 0.1) is 0 Å². The fraction of sp³-hybridized carbons (Fsp3) is 0.200. The first-order chi connectivity index (χ1) is 23.4. The molecule has 0 saturated heterocycles. The number of carbonyl (C=O) groups is 1. The van der Waals surface area contributed by atoms with Gasteiger partial charge < -0.3 is 18.2 Å². The Kier molecular flexibility index (Phi) is 11.6. The molecule has 1 heterocycles. The number of carbonyl (C=O) groups excluding carboxylic acids is 1. The lowest BCUT2D eigenvalue weighted by atomic mass is 9.98. The highest BCUT2D eigenvalue weighted by molar-refractivity contribution is 9.10. The predicted molar refractivity (Wildman–Crippen MR) is 190 cm³/mol. The quantitative estimate of drug-likeness (QED) is 0.0860. The maximum atomic E-state index is 15.6. The number of halogens is 5. The monoisotopic (exact) mass is 792 g/mol. The summed E-state index contributed by atoms with van der Waals surface area (Å²) in [4.78, 5) is 18.5. The second-order valence-corrected chi connectivity index (χ2v) is 14.2.